The molecule has 0 aliphatic heterocycles. The van der Waals surface area contributed by atoms with Crippen LogP contribution < -0.4 is 0 Å². The molecular weight excluding hydrogens is 404 g/mol. The number of ether oxygens (including phenoxy) is 1. The summed E-state index contributed by atoms with van der Waals surface area (Å²) in [6.45, 7) is 0. The summed E-state index contributed by atoms with van der Waals surface area (Å²) in [6, 6.07) is 10.2. The quantitative estimate of drug-likeness (QED) is 0.251. The highest BCUT2D eigenvalue weighted by Gasteiger charge is 2.34. The molecule has 0 saturated carbocycles. The Morgan fingerprint density at radius 1 is 1.03 bits per heavy atom. The number of esters is 1. The van der Waals surface area contributed by atoms with E-state index < -0.39 is 23.7 Å². The highest BCUT2D eigenvalue weighted by Crippen LogP contribution is 2.39. The zero-order chi connectivity index (χ0) is 21.5. The van der Waals surface area contributed by atoms with E-state index in [-0.39, 0.29) is 28.1 Å². The Hall–Kier alpha value is -3.75. The van der Waals surface area contributed by atoms with Gasteiger partial charge >= 0.3 is 12.1 Å². The standard InChI is InChI=1S/C21H12F4N2O3/c1-29-20(28)12-3-6-17-16(9-12)27-19(30-17)11-2-5-14(15(8-11)21(23,24)25)13-4-7-18(22)26-10-13/h2-10H,1H3. The third-order valence-corrected chi connectivity index (χ3v) is 4.42. The van der Waals surface area contributed by atoms with E-state index in [4.69, 9.17) is 4.42 Å². The SMILES string of the molecule is COC(=O)c1ccc2oc(-c3ccc(-c4ccc(F)nc4)c(C(F)(F)F)c3)nc2c1. The molecule has 4 aromatic rings. The number of carbonyl (C=O) groups is 1. The van der Waals surface area contributed by atoms with Crippen molar-refractivity contribution >= 4 is 17.1 Å². The second-order valence-corrected chi connectivity index (χ2v) is 6.32. The van der Waals surface area contributed by atoms with E-state index in [0.717, 1.165) is 18.3 Å². The van der Waals surface area contributed by atoms with Gasteiger partial charge in [0.15, 0.2) is 5.58 Å². The van der Waals surface area contributed by atoms with Gasteiger partial charge in [0.25, 0.3) is 0 Å². The molecule has 0 atom stereocenters. The first kappa shape index (κ1) is 19.6. The molecule has 4 rings (SSSR count). The maximum Gasteiger partial charge on any atom is 0.417 e. The summed E-state index contributed by atoms with van der Waals surface area (Å²) in [5, 5.41) is 0. The van der Waals surface area contributed by atoms with Gasteiger partial charge in [0.2, 0.25) is 11.8 Å². The second-order valence-electron chi connectivity index (χ2n) is 6.32. The molecule has 0 aliphatic rings. The number of rotatable bonds is 3. The van der Waals surface area contributed by atoms with Gasteiger partial charge in [-0.05, 0) is 48.0 Å². The lowest BCUT2D eigenvalue weighted by Gasteiger charge is -2.14. The number of benzene rings is 2. The number of alkyl halides is 3. The van der Waals surface area contributed by atoms with Gasteiger partial charge in [0.05, 0.1) is 18.2 Å². The molecule has 0 fully saturated rings. The van der Waals surface area contributed by atoms with E-state index in [0.29, 0.717) is 11.1 Å². The molecule has 152 valence electrons. The largest absolute Gasteiger partial charge is 0.465 e. The highest BCUT2D eigenvalue weighted by molar-refractivity contribution is 5.93. The number of aromatic nitrogens is 2. The fourth-order valence-corrected chi connectivity index (χ4v) is 2.99. The van der Waals surface area contributed by atoms with Gasteiger partial charge in [-0.3, -0.25) is 0 Å². The minimum Gasteiger partial charge on any atom is -0.465 e. The fraction of sp³-hybridized carbons (Fsp3) is 0.0952. The van der Waals surface area contributed by atoms with Crippen LogP contribution in [0.15, 0.2) is 59.1 Å². The lowest BCUT2D eigenvalue weighted by Crippen LogP contribution is -2.07. The van der Waals surface area contributed by atoms with Gasteiger partial charge in [-0.1, -0.05) is 6.07 Å². The van der Waals surface area contributed by atoms with E-state index in [9.17, 15) is 22.4 Å². The van der Waals surface area contributed by atoms with Crippen LogP contribution in [-0.4, -0.2) is 23.0 Å². The van der Waals surface area contributed by atoms with Crippen molar-refractivity contribution in [3.8, 4) is 22.6 Å². The monoisotopic (exact) mass is 416 g/mol. The van der Waals surface area contributed by atoms with Gasteiger partial charge in [-0.2, -0.15) is 17.6 Å². The van der Waals surface area contributed by atoms with Crippen molar-refractivity contribution in [1.82, 2.24) is 9.97 Å². The molecular formula is C21H12F4N2O3. The predicted octanol–water partition coefficient (Wildman–Crippen LogP) is 5.50. The fourth-order valence-electron chi connectivity index (χ4n) is 2.99. The first-order chi connectivity index (χ1) is 14.3. The Kier molecular flexibility index (Phi) is 4.73. The summed E-state index contributed by atoms with van der Waals surface area (Å²) in [5.74, 6) is -1.40. The van der Waals surface area contributed by atoms with E-state index in [1.54, 1.807) is 0 Å². The van der Waals surface area contributed by atoms with E-state index >= 15 is 0 Å². The van der Waals surface area contributed by atoms with Gasteiger partial charge in [0.1, 0.15) is 5.52 Å². The molecule has 0 spiro atoms. The average molecular weight is 416 g/mol. The van der Waals surface area contributed by atoms with Crippen molar-refractivity contribution in [3.63, 3.8) is 0 Å². The second kappa shape index (κ2) is 7.25. The molecule has 2 aromatic carbocycles. The third kappa shape index (κ3) is 3.61. The average Bonchev–Trinajstić information content (AvgIpc) is 3.16. The number of pyridine rings is 1. The van der Waals surface area contributed by atoms with Crippen molar-refractivity contribution < 1.29 is 31.5 Å². The minimum atomic E-state index is -4.68. The number of carbonyl (C=O) groups excluding carboxylic acids is 1. The van der Waals surface area contributed by atoms with Crippen LogP contribution >= 0.6 is 0 Å². The molecule has 0 bridgehead atoms. The van der Waals surface area contributed by atoms with Gasteiger partial charge in [-0.15, -0.1) is 0 Å². The molecule has 0 saturated heterocycles. The third-order valence-electron chi connectivity index (χ3n) is 4.42. The van der Waals surface area contributed by atoms with E-state index in [2.05, 4.69) is 14.7 Å². The maximum atomic E-state index is 13.7. The molecule has 2 heterocycles. The smallest absolute Gasteiger partial charge is 0.417 e. The lowest BCUT2D eigenvalue weighted by molar-refractivity contribution is -0.137. The summed E-state index contributed by atoms with van der Waals surface area (Å²) < 4.78 is 64.3. The predicted molar refractivity (Wildman–Crippen MR) is 99.0 cm³/mol. The van der Waals surface area contributed by atoms with Gasteiger partial charge < -0.3 is 9.15 Å². The molecule has 2 aromatic heterocycles. The highest BCUT2D eigenvalue weighted by atomic mass is 19.4. The van der Waals surface area contributed by atoms with Crippen LogP contribution in [-0.2, 0) is 10.9 Å². The molecule has 0 aliphatic carbocycles. The summed E-state index contributed by atoms with van der Waals surface area (Å²) in [6.07, 6.45) is -3.64. The molecule has 30 heavy (non-hydrogen) atoms. The number of oxazole rings is 1. The summed E-state index contributed by atoms with van der Waals surface area (Å²) >= 11 is 0. The Bertz CT molecular complexity index is 1250. The zero-order valence-corrected chi connectivity index (χ0v) is 15.3. The minimum absolute atomic E-state index is 0.0405. The van der Waals surface area contributed by atoms with Crippen LogP contribution in [0.3, 0.4) is 0 Å². The van der Waals surface area contributed by atoms with Crippen LogP contribution in [0.25, 0.3) is 33.7 Å². The van der Waals surface area contributed by atoms with Crippen molar-refractivity contribution in [2.45, 2.75) is 6.18 Å². The topological polar surface area (TPSA) is 65.2 Å². The van der Waals surface area contributed by atoms with E-state index in [1.807, 2.05) is 0 Å². The summed E-state index contributed by atoms with van der Waals surface area (Å²) in [7, 11) is 1.23. The normalized spacial score (nSPS) is 11.6. The van der Waals surface area contributed by atoms with Crippen LogP contribution in [0.4, 0.5) is 17.6 Å². The Morgan fingerprint density at radius 3 is 2.47 bits per heavy atom. The van der Waals surface area contributed by atoms with Crippen LogP contribution in [0, 0.1) is 5.95 Å². The van der Waals surface area contributed by atoms with Gasteiger partial charge in [0, 0.05) is 17.3 Å². The number of fused-ring (bicyclic) bond motifs is 1. The van der Waals surface area contributed by atoms with Crippen molar-refractivity contribution in [2.75, 3.05) is 7.11 Å². The number of hydrogen-bond acceptors (Lipinski definition) is 5. The van der Waals surface area contributed by atoms with Crippen LogP contribution in [0.2, 0.25) is 0 Å². The van der Waals surface area contributed by atoms with E-state index in [1.165, 1.54) is 43.5 Å². The van der Waals surface area contributed by atoms with Crippen LogP contribution in [0.5, 0.6) is 0 Å². The Morgan fingerprint density at radius 2 is 1.80 bits per heavy atom. The Labute approximate surface area is 166 Å². The maximum absolute atomic E-state index is 13.7. The number of methoxy groups -OCH3 is 1. The zero-order valence-electron chi connectivity index (χ0n) is 15.3. The first-order valence-electron chi connectivity index (χ1n) is 8.59. The molecule has 0 unspecified atom stereocenters. The lowest BCUT2D eigenvalue weighted by atomic mass is 9.98. The van der Waals surface area contributed by atoms with Gasteiger partial charge in [-0.25, -0.2) is 14.8 Å². The molecule has 0 amide bonds. The molecule has 5 nitrogen and oxygen atoms in total. The number of hydrogen-bond donors (Lipinski definition) is 0. The Balaban J connectivity index is 1.81. The van der Waals surface area contributed by atoms with Crippen molar-refractivity contribution in [1.29, 1.82) is 0 Å². The molecule has 0 radical (unpaired) electrons. The summed E-state index contributed by atoms with van der Waals surface area (Å²) in [4.78, 5) is 19.3. The van der Waals surface area contributed by atoms with Crippen molar-refractivity contribution in [3.05, 3.63) is 71.8 Å². The molecule has 0 N–H and O–H groups in total. The summed E-state index contributed by atoms with van der Waals surface area (Å²) in [5.41, 5.74) is -0.0347. The first-order valence-corrected chi connectivity index (χ1v) is 8.59. The molecule has 9 heteroatoms. The number of nitrogens with zero attached hydrogens (tertiary/aromatic N) is 2. The van der Waals surface area contributed by atoms with Crippen molar-refractivity contribution in [2.24, 2.45) is 0 Å². The number of halogens is 4. The van der Waals surface area contributed by atoms with Crippen LogP contribution in [0.1, 0.15) is 15.9 Å².